The van der Waals surface area contributed by atoms with Crippen molar-refractivity contribution in [3.05, 3.63) is 87.7 Å². The molecule has 156 valence electrons. The summed E-state index contributed by atoms with van der Waals surface area (Å²) in [5.74, 6) is 0.115. The van der Waals surface area contributed by atoms with E-state index in [0.29, 0.717) is 0 Å². The summed E-state index contributed by atoms with van der Waals surface area (Å²) in [4.78, 5) is 22.1. The Bertz CT molecular complexity index is 1210. The monoisotopic (exact) mass is 447 g/mol. The van der Waals surface area contributed by atoms with Gasteiger partial charge in [0.1, 0.15) is 5.01 Å². The Labute approximate surface area is 190 Å². The van der Waals surface area contributed by atoms with Crippen LogP contribution < -0.4 is 0 Å². The van der Waals surface area contributed by atoms with Crippen molar-refractivity contribution < 1.29 is 4.79 Å². The minimum atomic E-state index is 0.115. The fraction of sp³-hybridized carbons (Fsp3) is 0.200. The molecule has 4 aromatic rings. The van der Waals surface area contributed by atoms with Crippen LogP contribution in [0.25, 0.3) is 22.0 Å². The van der Waals surface area contributed by atoms with Crippen LogP contribution in [0.1, 0.15) is 15.4 Å². The van der Waals surface area contributed by atoms with E-state index in [9.17, 15) is 4.79 Å². The van der Waals surface area contributed by atoms with Gasteiger partial charge in [-0.05, 0) is 35.0 Å². The van der Waals surface area contributed by atoms with Gasteiger partial charge in [0, 0.05) is 47.7 Å². The first kappa shape index (κ1) is 20.2. The number of hydrogen-bond donors (Lipinski definition) is 0. The highest BCUT2D eigenvalue weighted by Crippen LogP contribution is 2.25. The van der Waals surface area contributed by atoms with Crippen LogP contribution in [0.4, 0.5) is 0 Å². The highest BCUT2D eigenvalue weighted by Gasteiger charge is 2.23. The number of hydrogen-bond acceptors (Lipinski definition) is 4. The van der Waals surface area contributed by atoms with E-state index in [4.69, 9.17) is 16.6 Å². The lowest BCUT2D eigenvalue weighted by Crippen LogP contribution is -2.48. The predicted molar refractivity (Wildman–Crippen MR) is 128 cm³/mol. The second-order valence-electron chi connectivity index (χ2n) is 7.76. The van der Waals surface area contributed by atoms with Crippen LogP contribution in [-0.4, -0.2) is 46.9 Å². The van der Waals surface area contributed by atoms with E-state index in [-0.39, 0.29) is 5.91 Å². The molecular formula is C25H22ClN3OS. The summed E-state index contributed by atoms with van der Waals surface area (Å²) in [6.07, 6.45) is 0. The molecule has 0 unspecified atom stereocenters. The summed E-state index contributed by atoms with van der Waals surface area (Å²) in [5.41, 5.74) is 2.83. The summed E-state index contributed by atoms with van der Waals surface area (Å²) in [6.45, 7) is 4.00. The highest BCUT2D eigenvalue weighted by molar-refractivity contribution is 7.09. The Morgan fingerprint density at radius 2 is 1.68 bits per heavy atom. The van der Waals surface area contributed by atoms with Gasteiger partial charge < -0.3 is 4.90 Å². The fourth-order valence-corrected chi connectivity index (χ4v) is 4.91. The standard InChI is InChI=1S/C25H22ClN3OS/c26-22-9-7-19(8-10-22)23-17-31-24(27-23)16-28-11-13-29(14-12-28)25(30)21-6-5-18-3-1-2-4-20(18)15-21/h1-10,15,17H,11-14,16H2. The van der Waals surface area contributed by atoms with E-state index in [1.807, 2.05) is 59.5 Å². The Morgan fingerprint density at radius 1 is 0.935 bits per heavy atom. The zero-order valence-corrected chi connectivity index (χ0v) is 18.6. The van der Waals surface area contributed by atoms with Gasteiger partial charge in [-0.25, -0.2) is 4.98 Å². The van der Waals surface area contributed by atoms with Crippen molar-refractivity contribution in [1.29, 1.82) is 0 Å². The van der Waals surface area contributed by atoms with Crippen molar-refractivity contribution >= 4 is 39.6 Å². The van der Waals surface area contributed by atoms with Crippen LogP contribution in [-0.2, 0) is 6.54 Å². The molecule has 3 aromatic carbocycles. The zero-order chi connectivity index (χ0) is 21.2. The number of piperazine rings is 1. The minimum Gasteiger partial charge on any atom is -0.336 e. The van der Waals surface area contributed by atoms with Crippen molar-refractivity contribution in [2.75, 3.05) is 26.2 Å². The van der Waals surface area contributed by atoms with Crippen LogP contribution in [0, 0.1) is 0 Å². The molecule has 0 spiro atoms. The van der Waals surface area contributed by atoms with Crippen LogP contribution in [0.15, 0.2) is 72.1 Å². The second kappa shape index (κ2) is 8.79. The van der Waals surface area contributed by atoms with Gasteiger partial charge in [-0.3, -0.25) is 9.69 Å². The van der Waals surface area contributed by atoms with Crippen molar-refractivity contribution in [2.24, 2.45) is 0 Å². The Hall–Kier alpha value is -2.73. The zero-order valence-electron chi connectivity index (χ0n) is 17.0. The third kappa shape index (κ3) is 4.49. The van der Waals surface area contributed by atoms with E-state index in [0.717, 1.165) is 70.3 Å². The molecule has 0 radical (unpaired) electrons. The molecule has 0 bridgehead atoms. The number of aromatic nitrogens is 1. The van der Waals surface area contributed by atoms with E-state index >= 15 is 0 Å². The number of nitrogens with zero attached hydrogens (tertiary/aromatic N) is 3. The molecule has 1 fully saturated rings. The van der Waals surface area contributed by atoms with Crippen LogP contribution in [0.5, 0.6) is 0 Å². The predicted octanol–water partition coefficient (Wildman–Crippen LogP) is 5.57. The Kier molecular flexibility index (Phi) is 5.72. The van der Waals surface area contributed by atoms with E-state index < -0.39 is 0 Å². The van der Waals surface area contributed by atoms with Crippen LogP contribution in [0.3, 0.4) is 0 Å². The lowest BCUT2D eigenvalue weighted by Gasteiger charge is -2.34. The minimum absolute atomic E-state index is 0.115. The smallest absolute Gasteiger partial charge is 0.253 e. The first-order valence-electron chi connectivity index (χ1n) is 10.4. The topological polar surface area (TPSA) is 36.4 Å². The van der Waals surface area contributed by atoms with Gasteiger partial charge >= 0.3 is 0 Å². The maximum absolute atomic E-state index is 13.0. The maximum atomic E-state index is 13.0. The number of benzene rings is 3. The number of halogens is 1. The molecule has 6 heteroatoms. The van der Waals surface area contributed by atoms with Gasteiger partial charge in [0.2, 0.25) is 0 Å². The number of rotatable bonds is 4. The largest absolute Gasteiger partial charge is 0.336 e. The van der Waals surface area contributed by atoms with Gasteiger partial charge in [-0.15, -0.1) is 11.3 Å². The molecule has 5 rings (SSSR count). The summed E-state index contributed by atoms with van der Waals surface area (Å²) < 4.78 is 0. The first-order chi connectivity index (χ1) is 15.2. The molecule has 0 aliphatic carbocycles. The van der Waals surface area contributed by atoms with Crippen molar-refractivity contribution in [2.45, 2.75) is 6.54 Å². The molecule has 0 saturated carbocycles. The average molecular weight is 448 g/mol. The van der Waals surface area contributed by atoms with Crippen molar-refractivity contribution in [1.82, 2.24) is 14.8 Å². The van der Waals surface area contributed by atoms with Gasteiger partial charge in [0.25, 0.3) is 5.91 Å². The van der Waals surface area contributed by atoms with Crippen molar-refractivity contribution in [3.8, 4) is 11.3 Å². The molecule has 1 aliphatic rings. The van der Waals surface area contributed by atoms with E-state index in [1.165, 1.54) is 0 Å². The maximum Gasteiger partial charge on any atom is 0.253 e. The van der Waals surface area contributed by atoms with E-state index in [2.05, 4.69) is 22.4 Å². The molecule has 0 atom stereocenters. The van der Waals surface area contributed by atoms with Gasteiger partial charge in [0.05, 0.1) is 12.2 Å². The second-order valence-corrected chi connectivity index (χ2v) is 9.14. The lowest BCUT2D eigenvalue weighted by molar-refractivity contribution is 0.0628. The fourth-order valence-electron chi connectivity index (χ4n) is 3.94. The molecule has 0 N–H and O–H groups in total. The quantitative estimate of drug-likeness (QED) is 0.410. The van der Waals surface area contributed by atoms with Crippen LogP contribution >= 0.6 is 22.9 Å². The molecular weight excluding hydrogens is 426 g/mol. The lowest BCUT2D eigenvalue weighted by atomic mass is 10.1. The highest BCUT2D eigenvalue weighted by atomic mass is 35.5. The number of fused-ring (bicyclic) bond motifs is 1. The van der Waals surface area contributed by atoms with Gasteiger partial charge in [-0.2, -0.15) is 0 Å². The molecule has 1 saturated heterocycles. The molecule has 1 aliphatic heterocycles. The molecule has 31 heavy (non-hydrogen) atoms. The molecule has 1 aromatic heterocycles. The number of amides is 1. The molecule has 1 amide bonds. The van der Waals surface area contributed by atoms with E-state index in [1.54, 1.807) is 11.3 Å². The SMILES string of the molecule is O=C(c1ccc2ccccc2c1)N1CCN(Cc2nc(-c3ccc(Cl)cc3)cs2)CC1. The third-order valence-corrected chi connectivity index (χ3v) is 6.79. The summed E-state index contributed by atoms with van der Waals surface area (Å²) in [5, 5.41) is 6.19. The first-order valence-corrected chi connectivity index (χ1v) is 11.6. The Balaban J connectivity index is 1.19. The molecule has 4 nitrogen and oxygen atoms in total. The number of carbonyl (C=O) groups excluding carboxylic acids is 1. The molecule has 2 heterocycles. The van der Waals surface area contributed by atoms with Gasteiger partial charge in [0.15, 0.2) is 0 Å². The Morgan fingerprint density at radius 3 is 2.45 bits per heavy atom. The average Bonchev–Trinajstić information content (AvgIpc) is 3.27. The summed E-state index contributed by atoms with van der Waals surface area (Å²) in [6, 6.07) is 21.9. The van der Waals surface area contributed by atoms with Crippen molar-refractivity contribution in [3.63, 3.8) is 0 Å². The van der Waals surface area contributed by atoms with Gasteiger partial charge in [-0.1, -0.05) is 54.1 Å². The number of thiazole rings is 1. The third-order valence-electron chi connectivity index (χ3n) is 5.71. The number of carbonyl (C=O) groups is 1. The normalized spacial score (nSPS) is 14.8. The summed E-state index contributed by atoms with van der Waals surface area (Å²) in [7, 11) is 0. The van der Waals surface area contributed by atoms with Crippen LogP contribution in [0.2, 0.25) is 5.02 Å². The summed E-state index contributed by atoms with van der Waals surface area (Å²) >= 11 is 7.66.